The zero-order valence-corrected chi connectivity index (χ0v) is 18.1. The number of hydrogen-bond donors (Lipinski definition) is 0. The van der Waals surface area contributed by atoms with Crippen LogP contribution in [0, 0.1) is 25.7 Å². The first-order chi connectivity index (χ1) is 13.5. The third-order valence-electron chi connectivity index (χ3n) is 6.42. The molecule has 0 aromatic carbocycles. The van der Waals surface area contributed by atoms with Crippen LogP contribution in [-0.2, 0) is 13.1 Å². The lowest BCUT2D eigenvalue weighted by atomic mass is 10.0. The minimum absolute atomic E-state index is 0.773. The van der Waals surface area contributed by atoms with Crippen molar-refractivity contribution in [3.05, 3.63) is 35.2 Å². The highest BCUT2D eigenvalue weighted by atomic mass is 15.5. The molecule has 0 aliphatic carbocycles. The molecule has 154 valence electrons. The van der Waals surface area contributed by atoms with Crippen LogP contribution in [-0.4, -0.2) is 55.5 Å². The Bertz CT molecular complexity index is 730. The molecule has 0 radical (unpaired) electrons. The lowest BCUT2D eigenvalue weighted by molar-refractivity contribution is 0.164. The molecule has 2 aliphatic rings. The quantitative estimate of drug-likeness (QED) is 0.792. The van der Waals surface area contributed by atoms with Gasteiger partial charge in [0.05, 0.1) is 13.1 Å². The van der Waals surface area contributed by atoms with Crippen molar-refractivity contribution in [1.29, 1.82) is 0 Å². The Morgan fingerprint density at radius 3 is 1.68 bits per heavy atom. The van der Waals surface area contributed by atoms with Crippen molar-refractivity contribution in [2.45, 2.75) is 66.5 Å². The summed E-state index contributed by atoms with van der Waals surface area (Å²) in [6, 6.07) is 4.38. The zero-order chi connectivity index (χ0) is 19.7. The first kappa shape index (κ1) is 19.6. The summed E-state index contributed by atoms with van der Waals surface area (Å²) in [4.78, 5) is 5.10. The zero-order valence-electron chi connectivity index (χ0n) is 18.1. The smallest absolute Gasteiger partial charge is 0.167 e. The molecule has 6 nitrogen and oxygen atoms in total. The van der Waals surface area contributed by atoms with Gasteiger partial charge < -0.3 is 0 Å². The van der Waals surface area contributed by atoms with E-state index >= 15 is 0 Å². The number of aryl methyl sites for hydroxylation is 2. The van der Waals surface area contributed by atoms with Crippen molar-refractivity contribution in [3.8, 4) is 0 Å². The van der Waals surface area contributed by atoms with E-state index in [-0.39, 0.29) is 0 Å². The van der Waals surface area contributed by atoms with Crippen LogP contribution < -0.4 is 0 Å². The Morgan fingerprint density at radius 1 is 0.786 bits per heavy atom. The van der Waals surface area contributed by atoms with Crippen LogP contribution in [0.1, 0.15) is 62.6 Å². The second-order valence-corrected chi connectivity index (χ2v) is 9.24. The van der Waals surface area contributed by atoms with Gasteiger partial charge in [-0.25, -0.2) is 4.68 Å². The number of piperidine rings is 2. The maximum Gasteiger partial charge on any atom is 0.167 e. The van der Waals surface area contributed by atoms with Gasteiger partial charge in [-0.2, -0.15) is 0 Å². The topological polar surface area (TPSA) is 42.1 Å². The molecule has 4 rings (SSSR count). The van der Waals surface area contributed by atoms with E-state index in [1.54, 1.807) is 0 Å². The molecule has 2 unspecified atom stereocenters. The minimum Gasteiger partial charge on any atom is -0.296 e. The van der Waals surface area contributed by atoms with E-state index < -0.39 is 0 Å². The number of aromatic nitrogens is 4. The normalized spacial score (nSPS) is 24.7. The van der Waals surface area contributed by atoms with Gasteiger partial charge in [-0.15, -0.1) is 10.2 Å². The van der Waals surface area contributed by atoms with Crippen LogP contribution in [0.3, 0.4) is 0 Å². The van der Waals surface area contributed by atoms with Crippen molar-refractivity contribution in [2.75, 3.05) is 26.2 Å². The highest BCUT2D eigenvalue weighted by molar-refractivity contribution is 5.16. The Labute approximate surface area is 169 Å². The Morgan fingerprint density at radius 2 is 1.25 bits per heavy atom. The fourth-order valence-corrected chi connectivity index (χ4v) is 5.01. The Balaban J connectivity index is 1.63. The van der Waals surface area contributed by atoms with E-state index in [1.807, 2.05) is 0 Å². The number of nitrogens with zero attached hydrogens (tertiary/aromatic N) is 6. The molecule has 0 saturated carbocycles. The van der Waals surface area contributed by atoms with Gasteiger partial charge in [0.15, 0.2) is 11.6 Å². The highest BCUT2D eigenvalue weighted by Gasteiger charge is 2.24. The first-order valence-corrected chi connectivity index (χ1v) is 11.0. The van der Waals surface area contributed by atoms with E-state index in [4.69, 9.17) is 0 Å². The van der Waals surface area contributed by atoms with Gasteiger partial charge in [-0.1, -0.05) is 13.8 Å². The molecule has 4 heterocycles. The Kier molecular flexibility index (Phi) is 5.88. The average Bonchev–Trinajstić information content (AvgIpc) is 3.17. The van der Waals surface area contributed by atoms with Gasteiger partial charge in [0.25, 0.3) is 0 Å². The van der Waals surface area contributed by atoms with Crippen molar-refractivity contribution < 1.29 is 0 Å². The summed E-state index contributed by atoms with van der Waals surface area (Å²) < 4.78 is 4.59. The number of likely N-dealkylation sites (tertiary alicyclic amines) is 2. The molecule has 28 heavy (non-hydrogen) atoms. The maximum atomic E-state index is 4.68. The molecule has 2 aromatic rings. The van der Waals surface area contributed by atoms with Crippen molar-refractivity contribution in [1.82, 2.24) is 29.3 Å². The van der Waals surface area contributed by atoms with Gasteiger partial charge in [-0.3, -0.25) is 14.5 Å². The number of hydrogen-bond acceptors (Lipinski definition) is 4. The monoisotopic (exact) mass is 384 g/mol. The summed E-state index contributed by atoms with van der Waals surface area (Å²) in [5.74, 6) is 3.68. The van der Waals surface area contributed by atoms with Gasteiger partial charge in [0.2, 0.25) is 0 Å². The summed E-state index contributed by atoms with van der Waals surface area (Å²) >= 11 is 0. The van der Waals surface area contributed by atoms with E-state index in [0.29, 0.717) is 0 Å². The first-order valence-electron chi connectivity index (χ1n) is 11.0. The van der Waals surface area contributed by atoms with Crippen LogP contribution >= 0.6 is 0 Å². The molecule has 2 aliphatic heterocycles. The SMILES string of the molecule is Cc1ccc(C)n1-n1c(CN2CCCC(C)C2)nnc1CN1CCCC(C)C1. The molecular weight excluding hydrogens is 348 g/mol. The van der Waals surface area contributed by atoms with Crippen LogP contribution in [0.25, 0.3) is 0 Å². The lowest BCUT2D eigenvalue weighted by Gasteiger charge is -2.31. The molecule has 0 amide bonds. The molecule has 0 bridgehead atoms. The molecule has 0 spiro atoms. The third kappa shape index (κ3) is 4.18. The summed E-state index contributed by atoms with van der Waals surface area (Å²) in [5.41, 5.74) is 2.47. The minimum atomic E-state index is 0.773. The standard InChI is InChI=1S/C22H36N6/c1-17-7-5-11-25(13-17)15-21-23-24-22(16-26-12-6-8-18(2)14-26)28(21)27-19(3)9-10-20(27)4/h9-10,17-18H,5-8,11-16H2,1-4H3. The van der Waals surface area contributed by atoms with Crippen molar-refractivity contribution >= 4 is 0 Å². The predicted octanol–water partition coefficient (Wildman–Crippen LogP) is 3.47. The van der Waals surface area contributed by atoms with E-state index in [0.717, 1.165) is 49.7 Å². The van der Waals surface area contributed by atoms with Gasteiger partial charge >= 0.3 is 0 Å². The largest absolute Gasteiger partial charge is 0.296 e. The molecule has 2 fully saturated rings. The molecule has 0 N–H and O–H groups in total. The summed E-state index contributed by atoms with van der Waals surface area (Å²) in [7, 11) is 0. The molecular formula is C22H36N6. The van der Waals surface area contributed by atoms with Crippen molar-refractivity contribution in [2.24, 2.45) is 11.8 Å². The maximum absolute atomic E-state index is 4.68. The molecule has 2 aromatic heterocycles. The summed E-state index contributed by atoms with van der Waals surface area (Å²) in [6.45, 7) is 15.5. The predicted molar refractivity (Wildman–Crippen MR) is 112 cm³/mol. The Hall–Kier alpha value is -1.66. The van der Waals surface area contributed by atoms with E-state index in [9.17, 15) is 0 Å². The summed E-state index contributed by atoms with van der Waals surface area (Å²) in [5, 5.41) is 9.36. The van der Waals surface area contributed by atoms with E-state index in [2.05, 4.69) is 69.2 Å². The van der Waals surface area contributed by atoms with Gasteiger partial charge in [0, 0.05) is 24.5 Å². The molecule has 2 saturated heterocycles. The highest BCUT2D eigenvalue weighted by Crippen LogP contribution is 2.21. The fraction of sp³-hybridized carbons (Fsp3) is 0.727. The lowest BCUT2D eigenvalue weighted by Crippen LogP contribution is -2.36. The van der Waals surface area contributed by atoms with Crippen LogP contribution in [0.5, 0.6) is 0 Å². The van der Waals surface area contributed by atoms with Gasteiger partial charge in [-0.05, 0) is 76.6 Å². The van der Waals surface area contributed by atoms with Crippen molar-refractivity contribution in [3.63, 3.8) is 0 Å². The van der Waals surface area contributed by atoms with Crippen LogP contribution in [0.4, 0.5) is 0 Å². The second-order valence-electron chi connectivity index (χ2n) is 9.24. The van der Waals surface area contributed by atoms with Crippen LogP contribution in [0.2, 0.25) is 0 Å². The molecule has 6 heteroatoms. The average molecular weight is 385 g/mol. The second kappa shape index (κ2) is 8.37. The van der Waals surface area contributed by atoms with Crippen LogP contribution in [0.15, 0.2) is 12.1 Å². The molecule has 2 atom stereocenters. The number of rotatable bonds is 5. The van der Waals surface area contributed by atoms with E-state index in [1.165, 1.54) is 50.2 Å². The summed E-state index contributed by atoms with van der Waals surface area (Å²) in [6.07, 6.45) is 5.26. The third-order valence-corrected chi connectivity index (χ3v) is 6.42. The van der Waals surface area contributed by atoms with Gasteiger partial charge in [0.1, 0.15) is 0 Å². The fourth-order valence-electron chi connectivity index (χ4n) is 5.01.